The van der Waals surface area contributed by atoms with Gasteiger partial charge in [-0.15, -0.1) is 0 Å². The quantitative estimate of drug-likeness (QED) is 0.125. The van der Waals surface area contributed by atoms with Crippen molar-refractivity contribution < 1.29 is 27.6 Å². The Hall–Kier alpha value is -6.51. The molecule has 3 heterocycles. The summed E-state index contributed by atoms with van der Waals surface area (Å²) in [5, 5.41) is 24.0. The Labute approximate surface area is 506 Å². The minimum Gasteiger partial charge on any atom is -0.350 e. The largest absolute Gasteiger partial charge is 0.350 e. The van der Waals surface area contributed by atoms with Gasteiger partial charge in [-0.25, -0.2) is 27.2 Å². The number of aromatic nitrogens is 6. The second kappa shape index (κ2) is 24.6. The zero-order chi connectivity index (χ0) is 60.1. The lowest BCUT2D eigenvalue weighted by Crippen LogP contribution is -2.52. The van der Waals surface area contributed by atoms with E-state index in [0.717, 1.165) is 153 Å². The number of fused-ring (bicyclic) bond motifs is 7. The molecule has 0 radical (unpaired) electrons. The average molecular weight is 1170 g/mol. The molecule has 6 saturated carbocycles. The van der Waals surface area contributed by atoms with Crippen molar-refractivity contribution in [3.8, 4) is 17.1 Å². The average Bonchev–Trinajstić information content (AvgIpc) is 1.61. The second-order valence-corrected chi connectivity index (χ2v) is 28.5. The van der Waals surface area contributed by atoms with E-state index in [4.69, 9.17) is 5.10 Å². The van der Waals surface area contributed by atoms with Crippen LogP contribution in [0, 0.1) is 57.4 Å². The summed E-state index contributed by atoms with van der Waals surface area (Å²) < 4.78 is 45.7. The molecule has 4 bridgehead atoms. The van der Waals surface area contributed by atoms with Crippen LogP contribution in [-0.4, -0.2) is 65.7 Å². The summed E-state index contributed by atoms with van der Waals surface area (Å²) in [5.41, 5.74) is 11.5. The lowest BCUT2D eigenvalue weighted by molar-refractivity contribution is -0.0887. The third-order valence-electron chi connectivity index (χ3n) is 22.2. The zero-order valence-corrected chi connectivity index (χ0v) is 51.7. The monoisotopic (exact) mass is 1170 g/mol. The smallest absolute Gasteiger partial charge is 0.272 e. The number of halogens is 3. The van der Waals surface area contributed by atoms with E-state index in [-0.39, 0.29) is 58.1 Å². The Morgan fingerprint density at radius 1 is 0.500 bits per heavy atom. The Balaban J connectivity index is 0.000000126. The molecular formula is C71H90F3N9O3. The Morgan fingerprint density at radius 2 is 0.965 bits per heavy atom. The van der Waals surface area contributed by atoms with Gasteiger partial charge in [-0.05, 0) is 241 Å². The Kier molecular flexibility index (Phi) is 17.1. The van der Waals surface area contributed by atoms with E-state index in [1.54, 1.807) is 36.4 Å². The first-order valence-corrected chi connectivity index (χ1v) is 32.9. The molecule has 3 amide bonds. The highest BCUT2D eigenvalue weighted by atomic mass is 19.1. The van der Waals surface area contributed by atoms with Gasteiger partial charge in [0, 0.05) is 46.7 Å². The summed E-state index contributed by atoms with van der Waals surface area (Å²) in [6.07, 6.45) is 26.8. The van der Waals surface area contributed by atoms with Gasteiger partial charge in [-0.1, -0.05) is 73.6 Å². The van der Waals surface area contributed by atoms with Gasteiger partial charge in [0.15, 0.2) is 17.1 Å². The van der Waals surface area contributed by atoms with Crippen LogP contribution in [0.5, 0.6) is 0 Å². The molecular weight excluding hydrogens is 1080 g/mol. The molecule has 12 nitrogen and oxygen atoms in total. The summed E-state index contributed by atoms with van der Waals surface area (Å²) >= 11 is 0. The van der Waals surface area contributed by atoms with Gasteiger partial charge in [0.1, 0.15) is 17.5 Å². The molecule has 0 aliphatic heterocycles. The third kappa shape index (κ3) is 11.9. The molecule has 15 heteroatoms. The molecule has 3 N–H and O–H groups in total. The van der Waals surface area contributed by atoms with Crippen molar-refractivity contribution in [2.24, 2.45) is 39.9 Å². The third-order valence-corrected chi connectivity index (χ3v) is 22.2. The SMILES string of the molecule is CC1(C)C2CC(CNC(=O)c3nn(-c4ccc(F)cc4)c4c3CCCC4)CC1C2.CC1CCCc2c(C(=O)NC3C4(C)CCC(C4)C3(C)C)nn(-c3ccc(F)cc3)c21.O=C(NC1CCCCCCC1)c1nn(-c2ccc(F)cc2)c2c1CCCC2. The summed E-state index contributed by atoms with van der Waals surface area (Å²) in [6, 6.07) is 19.5. The molecule has 0 saturated heterocycles. The fourth-order valence-corrected chi connectivity index (χ4v) is 17.1. The number of hydrogen-bond acceptors (Lipinski definition) is 6. The van der Waals surface area contributed by atoms with Crippen LogP contribution in [0.3, 0.4) is 0 Å². The van der Waals surface area contributed by atoms with Gasteiger partial charge in [0.2, 0.25) is 0 Å². The van der Waals surface area contributed by atoms with Crippen LogP contribution in [0.25, 0.3) is 17.1 Å². The molecule has 3 aromatic carbocycles. The van der Waals surface area contributed by atoms with Gasteiger partial charge < -0.3 is 16.0 Å². The predicted molar refractivity (Wildman–Crippen MR) is 330 cm³/mol. The highest BCUT2D eigenvalue weighted by Gasteiger charge is 2.60. The van der Waals surface area contributed by atoms with Crippen LogP contribution < -0.4 is 16.0 Å². The lowest BCUT2D eigenvalue weighted by atomic mass is 9.47. The van der Waals surface area contributed by atoms with E-state index < -0.39 is 0 Å². The lowest BCUT2D eigenvalue weighted by Gasteiger charge is -2.59. The molecule has 9 aliphatic rings. The van der Waals surface area contributed by atoms with Gasteiger partial charge >= 0.3 is 0 Å². The number of rotatable bonds is 10. The summed E-state index contributed by atoms with van der Waals surface area (Å²) in [4.78, 5) is 39.6. The summed E-state index contributed by atoms with van der Waals surface area (Å²) in [6.45, 7) is 14.7. The fourth-order valence-electron chi connectivity index (χ4n) is 17.1. The van der Waals surface area contributed by atoms with Crippen molar-refractivity contribution >= 4 is 17.7 Å². The van der Waals surface area contributed by atoms with Crippen LogP contribution in [0.2, 0.25) is 0 Å². The Bertz CT molecular complexity index is 3410. The van der Waals surface area contributed by atoms with Crippen molar-refractivity contribution in [1.29, 1.82) is 0 Å². The van der Waals surface area contributed by atoms with Gasteiger partial charge in [0.05, 0.1) is 22.8 Å². The Morgan fingerprint density at radius 3 is 1.49 bits per heavy atom. The first-order valence-electron chi connectivity index (χ1n) is 32.9. The van der Waals surface area contributed by atoms with E-state index in [1.165, 1.54) is 107 Å². The van der Waals surface area contributed by atoms with Crippen molar-refractivity contribution in [2.45, 2.75) is 214 Å². The molecule has 0 spiro atoms. The summed E-state index contributed by atoms with van der Waals surface area (Å²) in [7, 11) is 0. The van der Waals surface area contributed by atoms with Gasteiger partial charge in [-0.3, -0.25) is 14.4 Å². The predicted octanol–water partition coefficient (Wildman–Crippen LogP) is 14.8. The minimum atomic E-state index is -0.266. The van der Waals surface area contributed by atoms with Crippen LogP contribution >= 0.6 is 0 Å². The number of nitrogens with one attached hydrogen (secondary N) is 3. The standard InChI is InChI=1S/C25H32FN3O.C24H30FN3O.C22H28FN3O/c1-15-6-5-7-19-20(28-29(21(15)19)18-10-8-17(26)9-11-18)22(30)27-23-24(2,3)16-12-13-25(23,4)14-16;1-24(2)16-11-15(12-17(24)13-16)14-26-23(29)22-20-5-3-4-6-21(20)28(27-22)19-9-7-18(25)8-10-19;23-16-12-14-18(15-13-16)26-20-11-7-6-10-19(20)21(25-26)22(27)24-17-8-4-2-1-3-5-9-17/h8-11,15-16,23H,5-7,12-14H2,1-4H3,(H,27,30);7-10,15-17H,3-6,11-14H2,1-2H3,(H,26,29);12-15,17H,1-11H2,(H,24,27). The fraction of sp³-hybridized carbons (Fsp3) is 0.577. The number of nitrogens with zero attached hydrogens (tertiary/aromatic N) is 6. The van der Waals surface area contributed by atoms with Crippen molar-refractivity contribution in [3.63, 3.8) is 0 Å². The number of benzene rings is 3. The van der Waals surface area contributed by atoms with E-state index in [2.05, 4.69) is 67.7 Å². The first kappa shape index (κ1) is 59.8. The van der Waals surface area contributed by atoms with E-state index in [0.29, 0.717) is 40.3 Å². The maximum atomic E-state index is 13.5. The molecule has 86 heavy (non-hydrogen) atoms. The van der Waals surface area contributed by atoms with Crippen LogP contribution in [0.1, 0.15) is 235 Å². The van der Waals surface area contributed by atoms with Crippen molar-refractivity contribution in [1.82, 2.24) is 45.3 Å². The molecule has 9 aliphatic carbocycles. The topological polar surface area (TPSA) is 141 Å². The van der Waals surface area contributed by atoms with E-state index in [1.807, 2.05) is 14.0 Å². The van der Waals surface area contributed by atoms with E-state index >= 15 is 0 Å². The van der Waals surface area contributed by atoms with Crippen LogP contribution in [-0.2, 0) is 32.1 Å². The van der Waals surface area contributed by atoms with Crippen LogP contribution in [0.15, 0.2) is 72.8 Å². The van der Waals surface area contributed by atoms with Crippen molar-refractivity contribution in [2.75, 3.05) is 6.54 Å². The molecule has 458 valence electrons. The maximum Gasteiger partial charge on any atom is 0.272 e. The molecule has 3 aromatic heterocycles. The second-order valence-electron chi connectivity index (χ2n) is 28.5. The zero-order valence-electron chi connectivity index (χ0n) is 51.7. The minimum absolute atomic E-state index is 0.0421. The maximum absolute atomic E-state index is 13.5. The number of amides is 3. The number of carbonyl (C=O) groups excluding carboxylic acids is 3. The first-order chi connectivity index (χ1) is 41.4. The van der Waals surface area contributed by atoms with E-state index in [9.17, 15) is 27.6 Å². The highest BCUT2D eigenvalue weighted by molar-refractivity contribution is 5.95. The molecule has 15 rings (SSSR count). The molecule has 6 atom stereocenters. The van der Waals surface area contributed by atoms with Gasteiger partial charge in [0.25, 0.3) is 17.7 Å². The molecule has 6 aromatic rings. The van der Waals surface area contributed by atoms with Gasteiger partial charge in [-0.2, -0.15) is 15.3 Å². The number of carbonyl (C=O) groups is 3. The highest BCUT2D eigenvalue weighted by Crippen LogP contribution is 2.63. The summed E-state index contributed by atoms with van der Waals surface area (Å²) in [5.74, 6) is 2.28. The molecule has 6 unspecified atom stereocenters. The number of hydrogen-bond donors (Lipinski definition) is 3. The molecule has 6 fully saturated rings. The normalized spacial score (nSPS) is 25.9. The van der Waals surface area contributed by atoms with Crippen molar-refractivity contribution in [3.05, 3.63) is 141 Å². The van der Waals surface area contributed by atoms with Crippen LogP contribution in [0.4, 0.5) is 13.2 Å².